The second-order valence-electron chi connectivity index (χ2n) is 4.22. The van der Waals surface area contributed by atoms with Gasteiger partial charge in [0.05, 0.1) is 16.7 Å². The molecule has 0 aliphatic rings. The van der Waals surface area contributed by atoms with Crippen LogP contribution < -0.4 is 10.5 Å². The molecule has 5 nitrogen and oxygen atoms in total. The maximum Gasteiger partial charge on any atom is 0.150 e. The maximum absolute atomic E-state index is 10.9. The number of carboxylic acids is 1. The number of nitrogens with zero attached hydrogens (tertiary/aromatic N) is 2. The second kappa shape index (κ2) is 7.11. The molecule has 0 unspecified atom stereocenters. The Kier molecular flexibility index (Phi) is 6.05. The number of carbonyl (C=O) groups excluding carboxylic acids is 1. The molecular formula is C12H13Cl3N3O2-. The Morgan fingerprint density at radius 3 is 2.50 bits per heavy atom. The van der Waals surface area contributed by atoms with E-state index in [9.17, 15) is 9.90 Å². The number of nitrogens with one attached hydrogen (secondary N) is 1. The van der Waals surface area contributed by atoms with E-state index >= 15 is 0 Å². The van der Waals surface area contributed by atoms with Crippen LogP contribution in [0, 0.1) is 5.92 Å². The molecule has 1 aromatic rings. The van der Waals surface area contributed by atoms with E-state index in [1.807, 2.05) is 20.8 Å². The standard InChI is InChI=1S/C12H14Cl3N3O2/c1-4-5(2)6(3)17-18-9-7(13)10(12(19)20)16-11(15)8(9)14/h5H,4H2,1-3H3,(H,16,18)(H,19,20)/p-1/b17-6-/t5-/m0/s1. The number of hydrogen-bond donors (Lipinski definition) is 1. The van der Waals surface area contributed by atoms with Gasteiger partial charge in [0.25, 0.3) is 0 Å². The third-order valence-corrected chi connectivity index (χ3v) is 4.01. The molecule has 0 radical (unpaired) electrons. The summed E-state index contributed by atoms with van der Waals surface area (Å²) < 4.78 is 0. The van der Waals surface area contributed by atoms with Gasteiger partial charge in [0.2, 0.25) is 0 Å². The normalized spacial score (nSPS) is 13.2. The molecule has 0 aliphatic heterocycles. The molecule has 0 amide bonds. The van der Waals surface area contributed by atoms with Crippen molar-refractivity contribution in [2.45, 2.75) is 27.2 Å². The molecule has 0 saturated carbocycles. The van der Waals surface area contributed by atoms with Gasteiger partial charge in [-0.15, -0.1) is 0 Å². The predicted octanol–water partition coefficient (Wildman–Crippen LogP) is 3.24. The van der Waals surface area contributed by atoms with Crippen molar-refractivity contribution in [3.8, 4) is 0 Å². The van der Waals surface area contributed by atoms with E-state index in [1.54, 1.807) is 0 Å². The molecule has 0 fully saturated rings. The molecule has 1 atom stereocenters. The van der Waals surface area contributed by atoms with Crippen LogP contribution in [0.25, 0.3) is 0 Å². The molecule has 1 rings (SSSR count). The van der Waals surface area contributed by atoms with Crippen LogP contribution in [0.15, 0.2) is 5.10 Å². The zero-order chi connectivity index (χ0) is 15.4. The minimum atomic E-state index is -1.54. The van der Waals surface area contributed by atoms with Crippen LogP contribution in [0.3, 0.4) is 0 Å². The van der Waals surface area contributed by atoms with Gasteiger partial charge >= 0.3 is 0 Å². The number of hydrazone groups is 1. The van der Waals surface area contributed by atoms with Gasteiger partial charge in [-0.1, -0.05) is 48.7 Å². The van der Waals surface area contributed by atoms with Crippen LogP contribution in [0.2, 0.25) is 15.2 Å². The number of halogens is 3. The van der Waals surface area contributed by atoms with Crippen LogP contribution in [0.5, 0.6) is 0 Å². The van der Waals surface area contributed by atoms with Crippen LogP contribution in [0.1, 0.15) is 37.7 Å². The summed E-state index contributed by atoms with van der Waals surface area (Å²) in [5.41, 5.74) is 3.07. The van der Waals surface area contributed by atoms with Gasteiger partial charge in [-0.3, -0.25) is 5.43 Å². The summed E-state index contributed by atoms with van der Waals surface area (Å²) in [5.74, 6) is -1.28. The van der Waals surface area contributed by atoms with Gasteiger partial charge in [-0.2, -0.15) is 5.10 Å². The van der Waals surface area contributed by atoms with Crippen LogP contribution in [0.4, 0.5) is 5.69 Å². The van der Waals surface area contributed by atoms with Gasteiger partial charge in [0.1, 0.15) is 10.7 Å². The largest absolute Gasteiger partial charge is 0.543 e. The van der Waals surface area contributed by atoms with Crippen LogP contribution in [-0.4, -0.2) is 16.7 Å². The fourth-order valence-electron chi connectivity index (χ4n) is 1.30. The smallest absolute Gasteiger partial charge is 0.150 e. The molecule has 0 saturated heterocycles. The molecule has 1 heterocycles. The maximum atomic E-state index is 10.9. The lowest BCUT2D eigenvalue weighted by molar-refractivity contribution is -0.255. The summed E-state index contributed by atoms with van der Waals surface area (Å²) in [5, 5.41) is 14.7. The van der Waals surface area contributed by atoms with Gasteiger partial charge in [-0.05, 0) is 19.3 Å². The number of anilines is 1. The number of aromatic carboxylic acids is 1. The average molecular weight is 338 g/mol. The van der Waals surface area contributed by atoms with E-state index in [0.29, 0.717) is 0 Å². The minimum absolute atomic E-state index is 0.00219. The van der Waals surface area contributed by atoms with Gasteiger partial charge in [0.15, 0.2) is 5.15 Å². The highest BCUT2D eigenvalue weighted by Gasteiger charge is 2.17. The number of rotatable bonds is 5. The number of hydrogen-bond acceptors (Lipinski definition) is 5. The van der Waals surface area contributed by atoms with Crippen molar-refractivity contribution in [3.63, 3.8) is 0 Å². The fourth-order valence-corrected chi connectivity index (χ4v) is 1.96. The van der Waals surface area contributed by atoms with E-state index < -0.39 is 11.7 Å². The fraction of sp³-hybridized carbons (Fsp3) is 0.417. The minimum Gasteiger partial charge on any atom is -0.543 e. The Balaban J connectivity index is 3.21. The molecule has 0 bridgehead atoms. The summed E-state index contributed by atoms with van der Waals surface area (Å²) in [6.07, 6.45) is 0.917. The first-order valence-corrected chi connectivity index (χ1v) is 6.98. The van der Waals surface area contributed by atoms with Crippen molar-refractivity contribution in [2.24, 2.45) is 11.0 Å². The monoisotopic (exact) mass is 336 g/mol. The molecule has 1 N–H and O–H groups in total. The number of carboxylic acid groups (broad SMARTS) is 1. The van der Waals surface area contributed by atoms with E-state index in [1.165, 1.54) is 0 Å². The lowest BCUT2D eigenvalue weighted by Crippen LogP contribution is -2.24. The Hall–Kier alpha value is -1.04. The third-order valence-electron chi connectivity index (χ3n) is 2.90. The summed E-state index contributed by atoms with van der Waals surface area (Å²) in [7, 11) is 0. The molecule has 1 aromatic heterocycles. The first-order valence-electron chi connectivity index (χ1n) is 5.85. The lowest BCUT2D eigenvalue weighted by atomic mass is 10.1. The van der Waals surface area contributed by atoms with Crippen LogP contribution in [-0.2, 0) is 0 Å². The highest BCUT2D eigenvalue weighted by molar-refractivity contribution is 6.46. The van der Waals surface area contributed by atoms with Crippen molar-refractivity contribution in [3.05, 3.63) is 20.9 Å². The zero-order valence-corrected chi connectivity index (χ0v) is 13.4. The zero-order valence-electron chi connectivity index (χ0n) is 11.1. The quantitative estimate of drug-likeness (QED) is 0.508. The van der Waals surface area contributed by atoms with Gasteiger partial charge < -0.3 is 9.90 Å². The molecular weight excluding hydrogens is 325 g/mol. The van der Waals surface area contributed by atoms with Crippen molar-refractivity contribution in [2.75, 3.05) is 5.43 Å². The molecule has 0 aliphatic carbocycles. The summed E-state index contributed by atoms with van der Waals surface area (Å²) in [6.45, 7) is 5.88. The SMILES string of the molecule is CC[C@H](C)/C(C)=N\Nc1c(Cl)c(Cl)nc(C(=O)[O-])c1Cl. The van der Waals surface area contributed by atoms with Crippen molar-refractivity contribution in [1.82, 2.24) is 4.98 Å². The first-order chi connectivity index (χ1) is 9.29. The number of aromatic nitrogens is 1. The third kappa shape index (κ3) is 3.75. The van der Waals surface area contributed by atoms with E-state index in [2.05, 4.69) is 15.5 Å². The average Bonchev–Trinajstić information content (AvgIpc) is 2.41. The predicted molar refractivity (Wildman–Crippen MR) is 79.8 cm³/mol. The summed E-state index contributed by atoms with van der Waals surface area (Å²) >= 11 is 17.6. The lowest BCUT2D eigenvalue weighted by Gasteiger charge is -2.14. The summed E-state index contributed by atoms with van der Waals surface area (Å²) in [4.78, 5) is 14.5. The Bertz CT molecular complexity index is 561. The Labute approximate surface area is 131 Å². The number of pyridine rings is 1. The molecule has 8 heteroatoms. The first kappa shape index (κ1) is 17.0. The molecule has 0 spiro atoms. The second-order valence-corrected chi connectivity index (χ2v) is 5.33. The van der Waals surface area contributed by atoms with Crippen molar-refractivity contribution >= 4 is 52.2 Å². The molecule has 110 valence electrons. The highest BCUT2D eigenvalue weighted by Crippen LogP contribution is 2.36. The van der Waals surface area contributed by atoms with E-state index in [4.69, 9.17) is 34.8 Å². The molecule has 0 aromatic carbocycles. The highest BCUT2D eigenvalue weighted by atomic mass is 35.5. The number of carbonyl (C=O) groups is 1. The topological polar surface area (TPSA) is 77.4 Å². The van der Waals surface area contributed by atoms with E-state index in [0.717, 1.165) is 12.1 Å². The Morgan fingerprint density at radius 2 is 2.00 bits per heavy atom. The van der Waals surface area contributed by atoms with Crippen molar-refractivity contribution < 1.29 is 9.90 Å². The summed E-state index contributed by atoms with van der Waals surface area (Å²) in [6, 6.07) is 0. The van der Waals surface area contributed by atoms with Crippen molar-refractivity contribution in [1.29, 1.82) is 0 Å². The van der Waals surface area contributed by atoms with E-state index in [-0.39, 0.29) is 26.8 Å². The Morgan fingerprint density at radius 1 is 1.40 bits per heavy atom. The molecule has 20 heavy (non-hydrogen) atoms. The van der Waals surface area contributed by atoms with Gasteiger partial charge in [0, 0.05) is 5.71 Å². The van der Waals surface area contributed by atoms with Gasteiger partial charge in [-0.25, -0.2) is 4.98 Å². The van der Waals surface area contributed by atoms with Crippen LogP contribution >= 0.6 is 34.8 Å².